The zero-order valence-electron chi connectivity index (χ0n) is 10.7. The van der Waals surface area contributed by atoms with Crippen molar-refractivity contribution in [3.05, 3.63) is 82.3 Å². The van der Waals surface area contributed by atoms with Gasteiger partial charge in [0.15, 0.2) is 0 Å². The summed E-state index contributed by atoms with van der Waals surface area (Å²) in [5, 5.41) is 0.768. The summed E-state index contributed by atoms with van der Waals surface area (Å²) < 4.78 is 1.07. The van der Waals surface area contributed by atoms with E-state index < -0.39 is 0 Å². The summed E-state index contributed by atoms with van der Waals surface area (Å²) in [7, 11) is 0. The van der Waals surface area contributed by atoms with Crippen LogP contribution in [0.3, 0.4) is 0 Å². The Labute approximate surface area is 132 Å². The minimum Gasteiger partial charge on any atom is -0.0836 e. The first-order valence-electron chi connectivity index (χ1n) is 6.36. The van der Waals surface area contributed by atoms with Crippen molar-refractivity contribution in [1.29, 1.82) is 0 Å². The predicted octanol–water partition coefficient (Wildman–Crippen LogP) is 6.44. The third kappa shape index (κ3) is 2.52. The van der Waals surface area contributed by atoms with Gasteiger partial charge in [0.25, 0.3) is 0 Å². The number of halogens is 2. The maximum atomic E-state index is 6.45. The van der Waals surface area contributed by atoms with Crippen LogP contribution >= 0.6 is 27.5 Å². The molecule has 0 aliphatic rings. The minimum atomic E-state index is 0.768. The van der Waals surface area contributed by atoms with Crippen LogP contribution in [0, 0.1) is 0 Å². The summed E-state index contributed by atoms with van der Waals surface area (Å²) in [5.74, 6) is 0. The Morgan fingerprint density at radius 1 is 0.650 bits per heavy atom. The molecular formula is C18H12BrCl. The van der Waals surface area contributed by atoms with Gasteiger partial charge in [-0.25, -0.2) is 0 Å². The van der Waals surface area contributed by atoms with Gasteiger partial charge in [-0.2, -0.15) is 0 Å². The van der Waals surface area contributed by atoms with E-state index in [1.807, 2.05) is 48.5 Å². The van der Waals surface area contributed by atoms with Gasteiger partial charge in [-0.05, 0) is 28.8 Å². The van der Waals surface area contributed by atoms with E-state index in [2.05, 4.69) is 40.2 Å². The molecule has 3 aromatic carbocycles. The summed E-state index contributed by atoms with van der Waals surface area (Å²) in [6.07, 6.45) is 0. The van der Waals surface area contributed by atoms with Gasteiger partial charge < -0.3 is 0 Å². The molecule has 0 nitrogen and oxygen atoms in total. The molecule has 0 radical (unpaired) electrons. The first-order chi connectivity index (χ1) is 9.77. The Balaban J connectivity index is 2.28. The highest BCUT2D eigenvalue weighted by atomic mass is 79.9. The lowest BCUT2D eigenvalue weighted by Gasteiger charge is -2.13. The van der Waals surface area contributed by atoms with Crippen LogP contribution in [0.4, 0.5) is 0 Å². The van der Waals surface area contributed by atoms with E-state index in [9.17, 15) is 0 Å². The minimum absolute atomic E-state index is 0.768. The SMILES string of the molecule is Clc1cccc(-c2ccccc2Br)c1-c1ccccc1. The summed E-state index contributed by atoms with van der Waals surface area (Å²) >= 11 is 10.1. The molecule has 0 aliphatic carbocycles. The van der Waals surface area contributed by atoms with E-state index in [-0.39, 0.29) is 0 Å². The van der Waals surface area contributed by atoms with Gasteiger partial charge in [0.2, 0.25) is 0 Å². The maximum Gasteiger partial charge on any atom is 0.0490 e. The summed E-state index contributed by atoms with van der Waals surface area (Å²) in [6, 6.07) is 24.5. The van der Waals surface area contributed by atoms with Gasteiger partial charge in [0, 0.05) is 15.1 Å². The number of hydrogen-bond donors (Lipinski definition) is 0. The van der Waals surface area contributed by atoms with Gasteiger partial charge in [0.05, 0.1) is 0 Å². The first kappa shape index (κ1) is 13.4. The van der Waals surface area contributed by atoms with E-state index in [1.165, 1.54) is 0 Å². The first-order valence-corrected chi connectivity index (χ1v) is 7.53. The topological polar surface area (TPSA) is 0 Å². The van der Waals surface area contributed by atoms with E-state index in [0.29, 0.717) is 0 Å². The average Bonchev–Trinajstić information content (AvgIpc) is 2.48. The Kier molecular flexibility index (Phi) is 3.90. The number of hydrogen-bond acceptors (Lipinski definition) is 0. The van der Waals surface area contributed by atoms with Crippen molar-refractivity contribution in [2.45, 2.75) is 0 Å². The van der Waals surface area contributed by atoms with Crippen LogP contribution in [-0.4, -0.2) is 0 Å². The quantitative estimate of drug-likeness (QED) is 0.502. The standard InChI is InChI=1S/C18H12BrCl/c19-16-11-5-4-9-14(16)15-10-6-12-17(20)18(15)13-7-2-1-3-8-13/h1-12H. The predicted molar refractivity (Wildman–Crippen MR) is 90.0 cm³/mol. The molecule has 0 N–H and O–H groups in total. The van der Waals surface area contributed by atoms with Crippen molar-refractivity contribution in [1.82, 2.24) is 0 Å². The van der Waals surface area contributed by atoms with Crippen LogP contribution in [0.5, 0.6) is 0 Å². The van der Waals surface area contributed by atoms with E-state index in [0.717, 1.165) is 31.7 Å². The molecule has 0 unspecified atom stereocenters. The van der Waals surface area contributed by atoms with Gasteiger partial charge in [-0.1, -0.05) is 88.2 Å². The fourth-order valence-electron chi connectivity index (χ4n) is 2.33. The van der Waals surface area contributed by atoms with Crippen molar-refractivity contribution in [3.63, 3.8) is 0 Å². The van der Waals surface area contributed by atoms with Crippen LogP contribution in [-0.2, 0) is 0 Å². The third-order valence-corrected chi connectivity index (χ3v) is 4.25. The summed E-state index contributed by atoms with van der Waals surface area (Å²) in [6.45, 7) is 0. The fraction of sp³-hybridized carbons (Fsp3) is 0. The Morgan fingerprint density at radius 2 is 1.30 bits per heavy atom. The Bertz CT molecular complexity index is 735. The molecule has 3 aromatic rings. The van der Waals surface area contributed by atoms with Crippen LogP contribution in [0.25, 0.3) is 22.3 Å². The second-order valence-corrected chi connectivity index (χ2v) is 5.77. The molecule has 0 spiro atoms. The highest BCUT2D eigenvalue weighted by molar-refractivity contribution is 9.10. The molecule has 98 valence electrons. The molecule has 0 aliphatic heterocycles. The molecule has 3 rings (SSSR count). The van der Waals surface area contributed by atoms with Crippen molar-refractivity contribution in [2.75, 3.05) is 0 Å². The van der Waals surface area contributed by atoms with Crippen molar-refractivity contribution in [2.24, 2.45) is 0 Å². The van der Waals surface area contributed by atoms with Crippen molar-refractivity contribution < 1.29 is 0 Å². The fourth-order valence-corrected chi connectivity index (χ4v) is 3.11. The van der Waals surface area contributed by atoms with Crippen LogP contribution in [0.2, 0.25) is 5.02 Å². The Hall–Kier alpha value is -1.57. The van der Waals surface area contributed by atoms with Crippen molar-refractivity contribution >= 4 is 27.5 Å². The molecule has 2 heteroatoms. The van der Waals surface area contributed by atoms with E-state index >= 15 is 0 Å². The smallest absolute Gasteiger partial charge is 0.0490 e. The van der Waals surface area contributed by atoms with Crippen LogP contribution < -0.4 is 0 Å². The molecule has 0 amide bonds. The Morgan fingerprint density at radius 3 is 2.05 bits per heavy atom. The molecule has 0 fully saturated rings. The molecule has 20 heavy (non-hydrogen) atoms. The molecule has 0 saturated heterocycles. The normalized spacial score (nSPS) is 10.5. The lowest BCUT2D eigenvalue weighted by Crippen LogP contribution is -1.87. The molecular weight excluding hydrogens is 332 g/mol. The van der Waals surface area contributed by atoms with Crippen molar-refractivity contribution in [3.8, 4) is 22.3 Å². The monoisotopic (exact) mass is 342 g/mol. The highest BCUT2D eigenvalue weighted by Crippen LogP contribution is 2.39. The molecule has 0 saturated carbocycles. The maximum absolute atomic E-state index is 6.45. The largest absolute Gasteiger partial charge is 0.0836 e. The zero-order chi connectivity index (χ0) is 13.9. The van der Waals surface area contributed by atoms with Crippen LogP contribution in [0.1, 0.15) is 0 Å². The molecule has 0 aromatic heterocycles. The zero-order valence-corrected chi connectivity index (χ0v) is 13.0. The van der Waals surface area contributed by atoms with Crippen LogP contribution in [0.15, 0.2) is 77.3 Å². The molecule has 0 atom stereocenters. The van der Waals surface area contributed by atoms with Gasteiger partial charge >= 0.3 is 0 Å². The van der Waals surface area contributed by atoms with E-state index in [1.54, 1.807) is 0 Å². The lowest BCUT2D eigenvalue weighted by molar-refractivity contribution is 1.56. The van der Waals surface area contributed by atoms with Gasteiger partial charge in [0.1, 0.15) is 0 Å². The van der Waals surface area contributed by atoms with Gasteiger partial charge in [-0.15, -0.1) is 0 Å². The number of rotatable bonds is 2. The average molecular weight is 344 g/mol. The second-order valence-electron chi connectivity index (χ2n) is 4.51. The third-order valence-electron chi connectivity index (χ3n) is 3.24. The molecule has 0 heterocycles. The second kappa shape index (κ2) is 5.82. The summed E-state index contributed by atoms with van der Waals surface area (Å²) in [4.78, 5) is 0. The highest BCUT2D eigenvalue weighted by Gasteiger charge is 2.12. The lowest BCUT2D eigenvalue weighted by atomic mass is 9.94. The van der Waals surface area contributed by atoms with E-state index in [4.69, 9.17) is 11.6 Å². The van der Waals surface area contributed by atoms with Gasteiger partial charge in [-0.3, -0.25) is 0 Å². The number of benzene rings is 3. The molecule has 0 bridgehead atoms. The summed E-state index contributed by atoms with van der Waals surface area (Å²) in [5.41, 5.74) is 4.48.